The lowest BCUT2D eigenvalue weighted by Crippen LogP contribution is -2.38. The van der Waals surface area contributed by atoms with Gasteiger partial charge in [0.05, 0.1) is 16.8 Å². The summed E-state index contributed by atoms with van der Waals surface area (Å²) in [5.74, 6) is -2.16. The maximum Gasteiger partial charge on any atom is 0.225 e. The maximum absolute atomic E-state index is 13.7. The van der Waals surface area contributed by atoms with Gasteiger partial charge in [0.1, 0.15) is 6.10 Å². The summed E-state index contributed by atoms with van der Waals surface area (Å²) < 4.78 is 7.35. The number of aromatic hydroxyl groups is 2. The Morgan fingerprint density at radius 1 is 0.865 bits per heavy atom. The molecular weight excluding hydrogens is 470 g/mol. The van der Waals surface area contributed by atoms with Gasteiger partial charge >= 0.3 is 0 Å². The summed E-state index contributed by atoms with van der Waals surface area (Å²) in [5.41, 5.74) is -0.00892. The molecule has 1 spiro atoms. The smallest absolute Gasteiger partial charge is 0.225 e. The summed E-state index contributed by atoms with van der Waals surface area (Å²) >= 11 is 0. The third-order valence-corrected chi connectivity index (χ3v) is 6.95. The molecule has 0 amide bonds. The van der Waals surface area contributed by atoms with Crippen molar-refractivity contribution in [1.29, 1.82) is 0 Å². The van der Waals surface area contributed by atoms with Gasteiger partial charge in [-0.05, 0) is 36.8 Å². The first kappa shape index (κ1) is 22.7. The Kier molecular flexibility index (Phi) is 5.00. The van der Waals surface area contributed by atoms with Crippen LogP contribution in [-0.4, -0.2) is 32.1 Å². The second kappa shape index (κ2) is 8.15. The Morgan fingerprint density at radius 2 is 1.46 bits per heavy atom. The normalized spacial score (nSPS) is 17.5. The van der Waals surface area contributed by atoms with Crippen LogP contribution in [-0.2, 0) is 10.3 Å². The van der Waals surface area contributed by atoms with Gasteiger partial charge in [0.2, 0.25) is 28.9 Å². The quantitative estimate of drug-likeness (QED) is 0.302. The van der Waals surface area contributed by atoms with Gasteiger partial charge in [0, 0.05) is 16.7 Å². The highest BCUT2D eigenvalue weighted by atomic mass is 16.5. The van der Waals surface area contributed by atoms with Crippen molar-refractivity contribution in [3.05, 3.63) is 118 Å². The highest BCUT2D eigenvalue weighted by Crippen LogP contribution is 2.58. The summed E-state index contributed by atoms with van der Waals surface area (Å²) in [6.07, 6.45) is 2.41. The van der Waals surface area contributed by atoms with E-state index in [4.69, 9.17) is 4.74 Å². The van der Waals surface area contributed by atoms with E-state index in [1.54, 1.807) is 60.7 Å². The van der Waals surface area contributed by atoms with Gasteiger partial charge in [-0.2, -0.15) is 0 Å². The number of fused-ring (bicyclic) bond motifs is 3. The molecular formula is C30H21NO6. The Bertz CT molecular complexity index is 1590. The third-order valence-electron chi connectivity index (χ3n) is 6.95. The largest absolute Gasteiger partial charge is 0.494 e. The molecule has 0 saturated heterocycles. The highest BCUT2D eigenvalue weighted by molar-refractivity contribution is 6.32. The molecule has 2 N–H and O–H groups in total. The molecule has 2 aliphatic rings. The standard InChI is InChI=1S/C30H21NO6/c1-17(32)19-12-14-20(15-13-19)31-28(35)24-23(16-11-18-7-3-2-4-8-18)37-30(25(24)29(31)36)26(33)21-9-5-6-10-22(21)27(30)34/h2-16,23,35-36H,1H3. The minimum atomic E-state index is -2.13. The van der Waals surface area contributed by atoms with Crippen LogP contribution in [0.5, 0.6) is 11.8 Å². The van der Waals surface area contributed by atoms with Crippen molar-refractivity contribution in [3.63, 3.8) is 0 Å². The number of carbonyl (C=O) groups excluding carboxylic acids is 3. The number of aromatic nitrogens is 1. The van der Waals surface area contributed by atoms with Crippen molar-refractivity contribution in [3.8, 4) is 17.4 Å². The number of nitrogens with zero attached hydrogens (tertiary/aromatic N) is 1. The number of hydrogen-bond acceptors (Lipinski definition) is 6. The fourth-order valence-electron chi connectivity index (χ4n) is 5.17. The van der Waals surface area contributed by atoms with Crippen LogP contribution in [0.15, 0.2) is 84.9 Å². The summed E-state index contributed by atoms with van der Waals surface area (Å²) in [6.45, 7) is 1.44. The summed E-state index contributed by atoms with van der Waals surface area (Å²) in [5, 5.41) is 22.8. The minimum absolute atomic E-state index is 0.0745. The monoisotopic (exact) mass is 491 g/mol. The Balaban J connectivity index is 1.56. The zero-order valence-corrected chi connectivity index (χ0v) is 19.7. The van der Waals surface area contributed by atoms with Crippen molar-refractivity contribution in [2.24, 2.45) is 0 Å². The number of ketones is 3. The highest BCUT2D eigenvalue weighted by Gasteiger charge is 2.64. The van der Waals surface area contributed by atoms with Crippen LogP contribution in [0.25, 0.3) is 11.8 Å². The average molecular weight is 491 g/mol. The first-order valence-corrected chi connectivity index (χ1v) is 11.7. The molecule has 1 aromatic heterocycles. The van der Waals surface area contributed by atoms with Crippen molar-refractivity contribution in [2.75, 3.05) is 0 Å². The van der Waals surface area contributed by atoms with Crippen molar-refractivity contribution < 1.29 is 29.3 Å². The summed E-state index contributed by atoms with van der Waals surface area (Å²) in [4.78, 5) is 39.2. The SMILES string of the molecule is CC(=O)c1ccc(-n2c(O)c3c(c2O)C2(OC3C=Cc3ccccc3)C(=O)c3ccccc3C2=O)cc1. The fraction of sp³-hybridized carbons (Fsp3) is 0.100. The molecule has 7 heteroatoms. The van der Waals surface area contributed by atoms with Gasteiger partial charge in [0.25, 0.3) is 0 Å². The predicted molar refractivity (Wildman–Crippen MR) is 135 cm³/mol. The Hall–Kier alpha value is -4.75. The van der Waals surface area contributed by atoms with Gasteiger partial charge in [-0.1, -0.05) is 66.7 Å². The van der Waals surface area contributed by atoms with E-state index in [0.29, 0.717) is 11.3 Å². The van der Waals surface area contributed by atoms with Gasteiger partial charge in [0.15, 0.2) is 5.78 Å². The lowest BCUT2D eigenvalue weighted by molar-refractivity contribution is -0.0206. The van der Waals surface area contributed by atoms with Crippen LogP contribution in [0.4, 0.5) is 0 Å². The van der Waals surface area contributed by atoms with Crippen molar-refractivity contribution in [1.82, 2.24) is 4.57 Å². The molecule has 1 aliphatic heterocycles. The zero-order chi connectivity index (χ0) is 25.9. The molecule has 0 saturated carbocycles. The molecule has 6 rings (SSSR count). The van der Waals surface area contributed by atoms with Crippen molar-refractivity contribution >= 4 is 23.4 Å². The first-order valence-electron chi connectivity index (χ1n) is 11.7. The molecule has 2 heterocycles. The molecule has 1 aliphatic carbocycles. The topological polar surface area (TPSA) is 106 Å². The summed E-state index contributed by atoms with van der Waals surface area (Å²) in [7, 11) is 0. The number of Topliss-reactive ketones (excluding diaryl/α,β-unsaturated/α-hetero) is 3. The maximum atomic E-state index is 13.7. The van der Waals surface area contributed by atoms with E-state index in [0.717, 1.165) is 10.1 Å². The molecule has 4 aromatic rings. The van der Waals surface area contributed by atoms with E-state index in [2.05, 4.69) is 0 Å². The molecule has 0 bridgehead atoms. The first-order chi connectivity index (χ1) is 17.8. The predicted octanol–water partition coefficient (Wildman–Crippen LogP) is 5.15. The summed E-state index contributed by atoms with van der Waals surface area (Å²) in [6, 6.07) is 22.1. The average Bonchev–Trinajstić information content (AvgIpc) is 3.47. The Labute approximate surface area is 211 Å². The molecule has 1 unspecified atom stereocenters. The lowest BCUT2D eigenvalue weighted by Gasteiger charge is -2.22. The van der Waals surface area contributed by atoms with Gasteiger partial charge in [-0.25, -0.2) is 0 Å². The van der Waals surface area contributed by atoms with Crippen LogP contribution in [0.2, 0.25) is 0 Å². The van der Waals surface area contributed by atoms with Gasteiger partial charge in [-0.3, -0.25) is 19.0 Å². The molecule has 0 radical (unpaired) electrons. The number of ether oxygens (including phenoxy) is 1. The van der Waals surface area contributed by atoms with E-state index in [1.165, 1.54) is 6.92 Å². The van der Waals surface area contributed by atoms with E-state index >= 15 is 0 Å². The van der Waals surface area contributed by atoms with E-state index in [9.17, 15) is 24.6 Å². The molecule has 0 fully saturated rings. The molecule has 182 valence electrons. The number of benzene rings is 3. The lowest BCUT2D eigenvalue weighted by atomic mass is 9.89. The van der Waals surface area contributed by atoms with E-state index in [1.807, 2.05) is 30.3 Å². The molecule has 37 heavy (non-hydrogen) atoms. The minimum Gasteiger partial charge on any atom is -0.494 e. The van der Waals surface area contributed by atoms with E-state index in [-0.39, 0.29) is 33.9 Å². The fourth-order valence-corrected chi connectivity index (χ4v) is 5.17. The van der Waals surface area contributed by atoms with Crippen LogP contribution in [0, 0.1) is 0 Å². The molecule has 3 aromatic carbocycles. The van der Waals surface area contributed by atoms with Gasteiger partial charge < -0.3 is 14.9 Å². The van der Waals surface area contributed by atoms with Gasteiger partial charge in [-0.15, -0.1) is 0 Å². The second-order valence-corrected chi connectivity index (χ2v) is 9.07. The van der Waals surface area contributed by atoms with Crippen LogP contribution < -0.4 is 0 Å². The number of rotatable bonds is 4. The molecule has 7 nitrogen and oxygen atoms in total. The number of hydrogen-bond donors (Lipinski definition) is 2. The Morgan fingerprint density at radius 3 is 2.05 bits per heavy atom. The third kappa shape index (κ3) is 3.14. The number of carbonyl (C=O) groups is 3. The van der Waals surface area contributed by atoms with Crippen LogP contribution >= 0.6 is 0 Å². The van der Waals surface area contributed by atoms with Crippen LogP contribution in [0.1, 0.15) is 60.8 Å². The second-order valence-electron chi connectivity index (χ2n) is 9.07. The molecule has 1 atom stereocenters. The zero-order valence-electron chi connectivity index (χ0n) is 19.7. The van der Waals surface area contributed by atoms with E-state index < -0.39 is 29.2 Å². The van der Waals surface area contributed by atoms with Crippen LogP contribution in [0.3, 0.4) is 0 Å². The van der Waals surface area contributed by atoms with Crippen molar-refractivity contribution in [2.45, 2.75) is 18.6 Å².